The number of pyridine rings is 1. The molecule has 0 fully saturated rings. The van der Waals surface area contributed by atoms with E-state index >= 15 is 0 Å². The van der Waals surface area contributed by atoms with Crippen LogP contribution in [0.3, 0.4) is 0 Å². The van der Waals surface area contributed by atoms with Gasteiger partial charge in [-0.15, -0.1) is 11.3 Å². The third-order valence-electron chi connectivity index (χ3n) is 3.44. The van der Waals surface area contributed by atoms with E-state index in [-0.39, 0.29) is 17.7 Å². The van der Waals surface area contributed by atoms with Gasteiger partial charge in [0.1, 0.15) is 5.82 Å². The van der Waals surface area contributed by atoms with Crippen molar-refractivity contribution in [1.29, 1.82) is 0 Å². The molecule has 0 saturated heterocycles. The summed E-state index contributed by atoms with van der Waals surface area (Å²) in [5.74, 6) is 0.168. The molecule has 3 aromatic rings. The molecule has 1 N–H and O–H groups in total. The predicted octanol–water partition coefficient (Wildman–Crippen LogP) is 4.66. The van der Waals surface area contributed by atoms with Gasteiger partial charge in [-0.2, -0.15) is 13.2 Å². The molecule has 0 aliphatic carbocycles. The van der Waals surface area contributed by atoms with E-state index in [9.17, 15) is 13.2 Å². The highest BCUT2D eigenvalue weighted by atomic mass is 32.1. The molecule has 1 unspecified atom stereocenters. The molecule has 4 nitrogen and oxygen atoms in total. The second-order valence-corrected chi connectivity index (χ2v) is 6.56. The van der Waals surface area contributed by atoms with Crippen LogP contribution < -0.4 is 5.32 Å². The summed E-state index contributed by atoms with van der Waals surface area (Å²) >= 11 is 1.61. The number of nitrogens with zero attached hydrogens (tertiary/aromatic N) is 3. The summed E-state index contributed by atoms with van der Waals surface area (Å²) in [6.45, 7) is 1.90. The van der Waals surface area contributed by atoms with Gasteiger partial charge in [-0.1, -0.05) is 6.07 Å². The number of hydrogen-bond donors (Lipinski definition) is 1. The number of hydrogen-bond acceptors (Lipinski definition) is 5. The topological polar surface area (TPSA) is 50.7 Å². The van der Waals surface area contributed by atoms with E-state index in [1.165, 1.54) is 12.4 Å². The zero-order chi connectivity index (χ0) is 17.9. The molecule has 3 rings (SSSR count). The van der Waals surface area contributed by atoms with Crippen LogP contribution in [0.1, 0.15) is 17.5 Å². The number of rotatable bonds is 5. The quantitative estimate of drug-likeness (QED) is 0.715. The summed E-state index contributed by atoms with van der Waals surface area (Å²) in [5, 5.41) is 5.01. The second-order valence-electron chi connectivity index (χ2n) is 5.52. The first kappa shape index (κ1) is 17.3. The molecule has 3 heterocycles. The van der Waals surface area contributed by atoms with Crippen LogP contribution in [-0.2, 0) is 12.6 Å². The molecular formula is C17H15F3N4S. The van der Waals surface area contributed by atoms with E-state index in [4.69, 9.17) is 0 Å². The maximum absolute atomic E-state index is 13.2. The van der Waals surface area contributed by atoms with Crippen molar-refractivity contribution in [2.45, 2.75) is 25.6 Å². The van der Waals surface area contributed by atoms with Crippen LogP contribution in [0.4, 0.5) is 19.0 Å². The highest BCUT2D eigenvalue weighted by Crippen LogP contribution is 2.31. The lowest BCUT2D eigenvalue weighted by Gasteiger charge is -2.16. The lowest BCUT2D eigenvalue weighted by molar-refractivity contribution is -0.141. The van der Waals surface area contributed by atoms with E-state index in [0.29, 0.717) is 12.0 Å². The van der Waals surface area contributed by atoms with Gasteiger partial charge in [-0.05, 0) is 30.5 Å². The molecule has 8 heteroatoms. The van der Waals surface area contributed by atoms with Gasteiger partial charge in [0.05, 0.1) is 0 Å². The number of aromatic nitrogens is 3. The predicted molar refractivity (Wildman–Crippen MR) is 91.4 cm³/mol. The standard InChI is InChI=1S/C17H15F3N4S/c1-11(9-13-3-2-8-25-13)22-15-10-14(17(18,19)20)23-16(24-15)12-4-6-21-7-5-12/h2-8,10-11H,9H2,1H3,(H,22,23,24). The molecule has 130 valence electrons. The van der Waals surface area contributed by atoms with Gasteiger partial charge in [-0.3, -0.25) is 4.98 Å². The van der Waals surface area contributed by atoms with Crippen LogP contribution in [0, 0.1) is 0 Å². The summed E-state index contributed by atoms with van der Waals surface area (Å²) in [6, 6.07) is 7.96. The van der Waals surface area contributed by atoms with Crippen LogP contribution >= 0.6 is 11.3 Å². The Balaban J connectivity index is 1.89. The van der Waals surface area contributed by atoms with Crippen molar-refractivity contribution in [3.05, 3.63) is 58.7 Å². The molecule has 0 bridgehead atoms. The normalized spacial score (nSPS) is 12.8. The average molecular weight is 364 g/mol. The number of thiophene rings is 1. The van der Waals surface area contributed by atoms with E-state index in [1.807, 2.05) is 24.4 Å². The van der Waals surface area contributed by atoms with Gasteiger partial charge >= 0.3 is 6.18 Å². The Morgan fingerprint density at radius 1 is 1.16 bits per heavy atom. The molecule has 0 aliphatic heterocycles. The van der Waals surface area contributed by atoms with Gasteiger partial charge in [-0.25, -0.2) is 9.97 Å². The minimum absolute atomic E-state index is 0.0167. The van der Waals surface area contributed by atoms with Gasteiger partial charge in [0, 0.05) is 41.4 Å². The van der Waals surface area contributed by atoms with Gasteiger partial charge < -0.3 is 5.32 Å². The van der Waals surface area contributed by atoms with Crippen molar-refractivity contribution in [1.82, 2.24) is 15.0 Å². The van der Waals surface area contributed by atoms with Crippen molar-refractivity contribution in [2.75, 3.05) is 5.32 Å². The fraction of sp³-hybridized carbons (Fsp3) is 0.235. The summed E-state index contributed by atoms with van der Waals surface area (Å²) < 4.78 is 39.5. The molecule has 0 saturated carbocycles. The van der Waals surface area contributed by atoms with Crippen LogP contribution in [0.15, 0.2) is 48.1 Å². The van der Waals surface area contributed by atoms with Gasteiger partial charge in [0.25, 0.3) is 0 Å². The maximum Gasteiger partial charge on any atom is 0.433 e. The summed E-state index contributed by atoms with van der Waals surface area (Å²) in [6.07, 6.45) is -0.858. The smallest absolute Gasteiger partial charge is 0.367 e. The van der Waals surface area contributed by atoms with Crippen molar-refractivity contribution >= 4 is 17.2 Å². The summed E-state index contributed by atoms with van der Waals surface area (Å²) in [7, 11) is 0. The summed E-state index contributed by atoms with van der Waals surface area (Å²) in [4.78, 5) is 12.9. The van der Waals surface area contributed by atoms with Gasteiger partial charge in [0.2, 0.25) is 0 Å². The second kappa shape index (κ2) is 7.18. The molecule has 0 radical (unpaired) electrons. The maximum atomic E-state index is 13.2. The molecular weight excluding hydrogens is 349 g/mol. The molecule has 0 spiro atoms. The Bertz CT molecular complexity index is 820. The highest BCUT2D eigenvalue weighted by molar-refractivity contribution is 7.09. The van der Waals surface area contributed by atoms with Crippen molar-refractivity contribution in [2.24, 2.45) is 0 Å². The van der Waals surface area contributed by atoms with Gasteiger partial charge in [0.15, 0.2) is 11.5 Å². The number of nitrogens with one attached hydrogen (secondary N) is 1. The number of anilines is 1. The Hall–Kier alpha value is -2.48. The van der Waals surface area contributed by atoms with Crippen LogP contribution in [0.2, 0.25) is 0 Å². The minimum atomic E-state index is -4.54. The zero-order valence-corrected chi connectivity index (χ0v) is 14.1. The Labute approximate surface area is 146 Å². The molecule has 0 amide bonds. The van der Waals surface area contributed by atoms with Crippen molar-refractivity contribution in [3.63, 3.8) is 0 Å². The molecule has 1 atom stereocenters. The fourth-order valence-electron chi connectivity index (χ4n) is 2.33. The molecule has 0 aliphatic rings. The first-order valence-electron chi connectivity index (χ1n) is 7.57. The fourth-order valence-corrected chi connectivity index (χ4v) is 3.17. The van der Waals surface area contributed by atoms with E-state index in [0.717, 1.165) is 10.9 Å². The third kappa shape index (κ3) is 4.54. The zero-order valence-electron chi connectivity index (χ0n) is 13.3. The van der Waals surface area contributed by atoms with Crippen molar-refractivity contribution in [3.8, 4) is 11.4 Å². The SMILES string of the molecule is CC(Cc1cccs1)Nc1cc(C(F)(F)F)nc(-c2ccncc2)n1. The largest absolute Gasteiger partial charge is 0.433 e. The number of alkyl halides is 3. The summed E-state index contributed by atoms with van der Waals surface area (Å²) in [5.41, 5.74) is -0.491. The monoisotopic (exact) mass is 364 g/mol. The van der Waals surface area contributed by atoms with Crippen LogP contribution in [0.5, 0.6) is 0 Å². The lowest BCUT2D eigenvalue weighted by atomic mass is 10.2. The number of halogens is 3. The Kier molecular flexibility index (Phi) is 4.98. The highest BCUT2D eigenvalue weighted by Gasteiger charge is 2.34. The lowest BCUT2D eigenvalue weighted by Crippen LogP contribution is -2.20. The molecule has 0 aromatic carbocycles. The third-order valence-corrected chi connectivity index (χ3v) is 4.34. The minimum Gasteiger partial charge on any atom is -0.367 e. The average Bonchev–Trinajstić information content (AvgIpc) is 3.07. The van der Waals surface area contributed by atoms with E-state index in [1.54, 1.807) is 23.5 Å². The Morgan fingerprint density at radius 3 is 2.56 bits per heavy atom. The van der Waals surface area contributed by atoms with Crippen LogP contribution in [-0.4, -0.2) is 21.0 Å². The molecule has 25 heavy (non-hydrogen) atoms. The Morgan fingerprint density at radius 2 is 1.92 bits per heavy atom. The first-order chi connectivity index (χ1) is 11.9. The van der Waals surface area contributed by atoms with E-state index < -0.39 is 11.9 Å². The van der Waals surface area contributed by atoms with Crippen molar-refractivity contribution < 1.29 is 13.2 Å². The molecule has 3 aromatic heterocycles. The van der Waals surface area contributed by atoms with Crippen LogP contribution in [0.25, 0.3) is 11.4 Å². The first-order valence-corrected chi connectivity index (χ1v) is 8.45. The van der Waals surface area contributed by atoms with E-state index in [2.05, 4.69) is 20.3 Å².